The number of hydrogen-bond acceptors (Lipinski definition) is 3. The number of likely N-dealkylation sites (tertiary alicyclic amines) is 1. The minimum absolute atomic E-state index is 0.0785. The zero-order valence-electron chi connectivity index (χ0n) is 15.8. The maximum Gasteiger partial charge on any atom is 0.293 e. The molecular weight excluding hydrogens is 336 g/mol. The third kappa shape index (κ3) is 3.50. The third-order valence-corrected chi connectivity index (χ3v) is 5.17. The normalized spacial score (nSPS) is 17.1. The summed E-state index contributed by atoms with van der Waals surface area (Å²) in [6.45, 7) is 4.93. The zero-order chi connectivity index (χ0) is 18.8. The Morgan fingerprint density at radius 1 is 1.04 bits per heavy atom. The monoisotopic (exact) mass is 360 g/mol. The van der Waals surface area contributed by atoms with E-state index in [-0.39, 0.29) is 17.8 Å². The minimum Gasteiger partial charge on any atom is -0.333 e. The number of amides is 1. The number of carbonyl (C=O) groups excluding carboxylic acids is 1. The van der Waals surface area contributed by atoms with Gasteiger partial charge in [-0.2, -0.15) is 0 Å². The molecule has 1 saturated heterocycles. The van der Waals surface area contributed by atoms with Crippen LogP contribution in [0.4, 0.5) is 0 Å². The van der Waals surface area contributed by atoms with Gasteiger partial charge < -0.3 is 4.90 Å². The number of carbonyl (C=O) groups is 1. The summed E-state index contributed by atoms with van der Waals surface area (Å²) < 4.78 is 1.77. The van der Waals surface area contributed by atoms with Crippen LogP contribution in [0, 0.1) is 6.92 Å². The first kappa shape index (κ1) is 17.5. The summed E-state index contributed by atoms with van der Waals surface area (Å²) in [5.41, 5.74) is 3.02. The molecule has 1 amide bonds. The molecule has 1 atom stereocenters. The fraction of sp³-hybridized carbons (Fsp3) is 0.318. The number of aryl methyl sites for hydroxylation is 1. The van der Waals surface area contributed by atoms with Crippen LogP contribution in [0.15, 0.2) is 54.6 Å². The molecule has 2 aromatic carbocycles. The molecule has 0 N–H and O–H groups in total. The molecule has 0 aliphatic carbocycles. The SMILES string of the molecule is Cc1ccc(-n2nc(C(=O)N3CCCCC3C)nc2-c2ccccc2)cc1. The van der Waals surface area contributed by atoms with Crippen LogP contribution in [0.2, 0.25) is 0 Å². The van der Waals surface area contributed by atoms with E-state index in [0.29, 0.717) is 5.82 Å². The summed E-state index contributed by atoms with van der Waals surface area (Å²) in [5, 5.41) is 4.61. The van der Waals surface area contributed by atoms with E-state index in [1.165, 1.54) is 12.0 Å². The third-order valence-electron chi connectivity index (χ3n) is 5.17. The van der Waals surface area contributed by atoms with Crippen LogP contribution in [-0.2, 0) is 0 Å². The van der Waals surface area contributed by atoms with Crippen molar-refractivity contribution in [2.75, 3.05) is 6.54 Å². The van der Waals surface area contributed by atoms with Crippen LogP contribution in [0.5, 0.6) is 0 Å². The first-order chi connectivity index (χ1) is 13.1. The first-order valence-electron chi connectivity index (χ1n) is 9.54. The topological polar surface area (TPSA) is 51.0 Å². The van der Waals surface area contributed by atoms with Crippen LogP contribution >= 0.6 is 0 Å². The minimum atomic E-state index is -0.0785. The predicted molar refractivity (Wildman–Crippen MR) is 106 cm³/mol. The maximum atomic E-state index is 13.1. The highest BCUT2D eigenvalue weighted by Gasteiger charge is 2.28. The Labute approximate surface area is 159 Å². The fourth-order valence-corrected chi connectivity index (χ4v) is 3.57. The number of rotatable bonds is 3. The van der Waals surface area contributed by atoms with Gasteiger partial charge in [0.15, 0.2) is 5.82 Å². The van der Waals surface area contributed by atoms with Crippen molar-refractivity contribution in [3.05, 3.63) is 66.0 Å². The van der Waals surface area contributed by atoms with E-state index in [0.717, 1.165) is 30.6 Å². The maximum absolute atomic E-state index is 13.1. The Hall–Kier alpha value is -2.95. The van der Waals surface area contributed by atoms with Gasteiger partial charge in [0.2, 0.25) is 5.82 Å². The van der Waals surface area contributed by atoms with E-state index >= 15 is 0 Å². The number of benzene rings is 2. The van der Waals surface area contributed by atoms with Crippen molar-refractivity contribution in [1.82, 2.24) is 19.7 Å². The quantitative estimate of drug-likeness (QED) is 0.701. The average Bonchev–Trinajstić information content (AvgIpc) is 3.14. The highest BCUT2D eigenvalue weighted by molar-refractivity contribution is 5.91. The molecule has 138 valence electrons. The lowest BCUT2D eigenvalue weighted by Gasteiger charge is -2.32. The summed E-state index contributed by atoms with van der Waals surface area (Å²) in [6.07, 6.45) is 3.25. The number of aromatic nitrogens is 3. The van der Waals surface area contributed by atoms with Gasteiger partial charge in [0.05, 0.1) is 5.69 Å². The molecule has 5 heteroatoms. The first-order valence-corrected chi connectivity index (χ1v) is 9.54. The van der Waals surface area contributed by atoms with Crippen molar-refractivity contribution in [1.29, 1.82) is 0 Å². The molecule has 3 aromatic rings. The van der Waals surface area contributed by atoms with Crippen LogP contribution in [0.3, 0.4) is 0 Å². The van der Waals surface area contributed by atoms with E-state index < -0.39 is 0 Å². The van der Waals surface area contributed by atoms with Crippen molar-refractivity contribution >= 4 is 5.91 Å². The molecule has 1 aliphatic heterocycles. The van der Waals surface area contributed by atoms with Gasteiger partial charge in [0.25, 0.3) is 5.91 Å². The fourth-order valence-electron chi connectivity index (χ4n) is 3.57. The predicted octanol–water partition coefficient (Wildman–Crippen LogP) is 4.26. The van der Waals surface area contributed by atoms with Crippen molar-refractivity contribution in [3.8, 4) is 17.1 Å². The Bertz CT molecular complexity index is 931. The Morgan fingerprint density at radius 3 is 2.48 bits per heavy atom. The highest BCUT2D eigenvalue weighted by Crippen LogP contribution is 2.23. The number of hydrogen-bond donors (Lipinski definition) is 0. The second-order valence-electron chi connectivity index (χ2n) is 7.22. The smallest absolute Gasteiger partial charge is 0.293 e. The molecule has 5 nitrogen and oxygen atoms in total. The van der Waals surface area contributed by atoms with Crippen LogP contribution in [0.1, 0.15) is 42.4 Å². The lowest BCUT2D eigenvalue weighted by Crippen LogP contribution is -2.42. The molecule has 0 radical (unpaired) electrons. The van der Waals surface area contributed by atoms with Gasteiger partial charge in [-0.25, -0.2) is 9.67 Å². The number of nitrogens with zero attached hydrogens (tertiary/aromatic N) is 4. The van der Waals surface area contributed by atoms with E-state index in [1.807, 2.05) is 59.5 Å². The van der Waals surface area contributed by atoms with Crippen molar-refractivity contribution in [2.24, 2.45) is 0 Å². The van der Waals surface area contributed by atoms with Crippen molar-refractivity contribution in [2.45, 2.75) is 39.2 Å². The van der Waals surface area contributed by atoms with Crippen LogP contribution in [0.25, 0.3) is 17.1 Å². The summed E-state index contributed by atoms with van der Waals surface area (Å²) >= 11 is 0. The van der Waals surface area contributed by atoms with Crippen LogP contribution < -0.4 is 0 Å². The van der Waals surface area contributed by atoms with Crippen LogP contribution in [-0.4, -0.2) is 38.2 Å². The summed E-state index contributed by atoms with van der Waals surface area (Å²) in [4.78, 5) is 19.6. The molecule has 4 rings (SSSR count). The van der Waals surface area contributed by atoms with Gasteiger partial charge in [-0.3, -0.25) is 4.79 Å². The average molecular weight is 360 g/mol. The molecule has 2 heterocycles. The van der Waals surface area contributed by atoms with Gasteiger partial charge in [-0.05, 0) is 45.2 Å². The molecular formula is C22H24N4O. The van der Waals surface area contributed by atoms with E-state index in [1.54, 1.807) is 4.68 Å². The van der Waals surface area contributed by atoms with Gasteiger partial charge in [0, 0.05) is 18.2 Å². The Kier molecular flexibility index (Phi) is 4.75. The molecule has 1 unspecified atom stereocenters. The molecule has 0 spiro atoms. The standard InChI is InChI=1S/C22H24N4O/c1-16-11-13-19(14-12-16)26-21(18-9-4-3-5-10-18)23-20(24-26)22(27)25-15-7-6-8-17(25)2/h3-5,9-14,17H,6-8,15H2,1-2H3. The van der Waals surface area contributed by atoms with Gasteiger partial charge >= 0.3 is 0 Å². The largest absolute Gasteiger partial charge is 0.333 e. The molecule has 1 aliphatic rings. The second kappa shape index (κ2) is 7.35. The highest BCUT2D eigenvalue weighted by atomic mass is 16.2. The molecule has 27 heavy (non-hydrogen) atoms. The Morgan fingerprint density at radius 2 is 1.78 bits per heavy atom. The summed E-state index contributed by atoms with van der Waals surface area (Å²) in [7, 11) is 0. The molecule has 1 aromatic heterocycles. The van der Waals surface area contributed by atoms with E-state index in [4.69, 9.17) is 0 Å². The zero-order valence-corrected chi connectivity index (χ0v) is 15.8. The van der Waals surface area contributed by atoms with Crippen molar-refractivity contribution in [3.63, 3.8) is 0 Å². The second-order valence-corrected chi connectivity index (χ2v) is 7.22. The van der Waals surface area contributed by atoms with Gasteiger partial charge in [-0.1, -0.05) is 48.0 Å². The lowest BCUT2D eigenvalue weighted by molar-refractivity contribution is 0.0623. The van der Waals surface area contributed by atoms with Gasteiger partial charge in [-0.15, -0.1) is 5.10 Å². The molecule has 0 saturated carbocycles. The van der Waals surface area contributed by atoms with Crippen molar-refractivity contribution < 1.29 is 4.79 Å². The van der Waals surface area contributed by atoms with E-state index in [9.17, 15) is 4.79 Å². The number of piperidine rings is 1. The molecule has 1 fully saturated rings. The Balaban J connectivity index is 1.78. The molecule has 0 bridgehead atoms. The van der Waals surface area contributed by atoms with Gasteiger partial charge in [0.1, 0.15) is 0 Å². The van der Waals surface area contributed by atoms with E-state index in [2.05, 4.69) is 23.9 Å². The lowest BCUT2D eigenvalue weighted by atomic mass is 10.0. The summed E-state index contributed by atoms with van der Waals surface area (Å²) in [5.74, 6) is 0.876. The summed E-state index contributed by atoms with van der Waals surface area (Å²) in [6, 6.07) is 18.2.